The highest BCUT2D eigenvalue weighted by molar-refractivity contribution is 6.33. The Morgan fingerprint density at radius 1 is 1.14 bits per heavy atom. The number of piperidine rings is 1. The average molecular weight is 411 g/mol. The maximum absolute atomic E-state index is 12.3. The fourth-order valence-electron chi connectivity index (χ4n) is 3.41. The fraction of sp³-hybridized carbons (Fsp3) is 0.333. The van der Waals surface area contributed by atoms with Gasteiger partial charge in [-0.2, -0.15) is 4.80 Å². The van der Waals surface area contributed by atoms with E-state index in [1.807, 2.05) is 30.3 Å². The summed E-state index contributed by atoms with van der Waals surface area (Å²) < 4.78 is 0. The minimum absolute atomic E-state index is 0.0246. The summed E-state index contributed by atoms with van der Waals surface area (Å²) in [5.41, 5.74) is 2.62. The molecule has 0 atom stereocenters. The molecule has 1 N–H and O–H groups in total. The fourth-order valence-corrected chi connectivity index (χ4v) is 3.63. The van der Waals surface area contributed by atoms with Crippen LogP contribution >= 0.6 is 11.6 Å². The Balaban J connectivity index is 1.35. The van der Waals surface area contributed by atoms with Gasteiger partial charge in [0.2, 0.25) is 11.7 Å². The van der Waals surface area contributed by atoms with E-state index in [2.05, 4.69) is 44.7 Å². The lowest BCUT2D eigenvalue weighted by atomic mass is 9.99. The highest BCUT2D eigenvalue weighted by Gasteiger charge is 2.16. The molecule has 2 aromatic carbocycles. The monoisotopic (exact) mass is 410 g/mol. The molecule has 7 nitrogen and oxygen atoms in total. The van der Waals surface area contributed by atoms with Crippen LogP contribution in [0.1, 0.15) is 19.8 Å². The Kier molecular flexibility index (Phi) is 5.76. The van der Waals surface area contributed by atoms with Gasteiger partial charge >= 0.3 is 0 Å². The molecule has 2 heterocycles. The Morgan fingerprint density at radius 2 is 1.86 bits per heavy atom. The van der Waals surface area contributed by atoms with E-state index in [0.717, 1.165) is 24.7 Å². The lowest BCUT2D eigenvalue weighted by molar-refractivity contribution is -0.117. The van der Waals surface area contributed by atoms with Crippen molar-refractivity contribution in [2.24, 2.45) is 5.92 Å². The Labute approximate surface area is 174 Å². The molecule has 0 bridgehead atoms. The maximum Gasteiger partial charge on any atom is 0.248 e. The number of tetrazole rings is 1. The van der Waals surface area contributed by atoms with Crippen molar-refractivity contribution in [1.82, 2.24) is 20.2 Å². The number of aromatic nitrogens is 4. The van der Waals surface area contributed by atoms with E-state index in [0.29, 0.717) is 16.4 Å². The van der Waals surface area contributed by atoms with Gasteiger partial charge in [-0.05, 0) is 60.4 Å². The molecule has 1 aliphatic heterocycles. The second-order valence-corrected chi connectivity index (χ2v) is 7.80. The van der Waals surface area contributed by atoms with Gasteiger partial charge in [0, 0.05) is 30.0 Å². The number of benzene rings is 2. The number of carbonyl (C=O) groups is 1. The number of nitrogens with zero attached hydrogens (tertiary/aromatic N) is 5. The number of hydrogen-bond acceptors (Lipinski definition) is 5. The first kappa shape index (κ1) is 19.4. The van der Waals surface area contributed by atoms with Gasteiger partial charge in [0.1, 0.15) is 6.54 Å². The van der Waals surface area contributed by atoms with Crippen molar-refractivity contribution < 1.29 is 4.79 Å². The second-order valence-electron chi connectivity index (χ2n) is 7.39. The van der Waals surface area contributed by atoms with Crippen LogP contribution in [-0.2, 0) is 11.3 Å². The molecule has 0 saturated carbocycles. The van der Waals surface area contributed by atoms with Crippen molar-refractivity contribution in [2.45, 2.75) is 26.3 Å². The van der Waals surface area contributed by atoms with Gasteiger partial charge in [-0.15, -0.1) is 10.2 Å². The third kappa shape index (κ3) is 4.74. The predicted octanol–water partition coefficient (Wildman–Crippen LogP) is 3.87. The van der Waals surface area contributed by atoms with Gasteiger partial charge in [-0.3, -0.25) is 4.79 Å². The van der Waals surface area contributed by atoms with Crippen molar-refractivity contribution in [3.05, 3.63) is 53.6 Å². The molecule has 3 aromatic rings. The van der Waals surface area contributed by atoms with Crippen LogP contribution in [-0.4, -0.2) is 39.2 Å². The summed E-state index contributed by atoms with van der Waals surface area (Å²) in [6.07, 6.45) is 2.44. The van der Waals surface area contributed by atoms with Crippen LogP contribution in [0.2, 0.25) is 5.02 Å². The van der Waals surface area contributed by atoms with Crippen LogP contribution in [0, 0.1) is 5.92 Å². The third-order valence-electron chi connectivity index (χ3n) is 5.15. The number of amides is 1. The first-order valence-electron chi connectivity index (χ1n) is 9.76. The number of hydrogen-bond donors (Lipinski definition) is 1. The van der Waals surface area contributed by atoms with Gasteiger partial charge in [0.25, 0.3) is 0 Å². The van der Waals surface area contributed by atoms with Crippen molar-refractivity contribution in [2.75, 3.05) is 23.3 Å². The SMILES string of the molecule is CC1CCN(c2ccc(NC(=O)Cn3nnc(-c4ccccc4Cl)n3)cc2)CC1. The van der Waals surface area contributed by atoms with Crippen LogP contribution in [0.15, 0.2) is 48.5 Å². The maximum atomic E-state index is 12.3. The largest absolute Gasteiger partial charge is 0.372 e. The second kappa shape index (κ2) is 8.61. The molecule has 0 radical (unpaired) electrons. The molecule has 29 heavy (non-hydrogen) atoms. The van der Waals surface area contributed by atoms with Crippen LogP contribution in [0.4, 0.5) is 11.4 Å². The van der Waals surface area contributed by atoms with E-state index in [9.17, 15) is 4.79 Å². The molecule has 8 heteroatoms. The summed E-state index contributed by atoms with van der Waals surface area (Å²) in [6.45, 7) is 4.44. The first-order chi connectivity index (χ1) is 14.1. The van der Waals surface area contributed by atoms with Gasteiger partial charge in [-0.1, -0.05) is 30.7 Å². The van der Waals surface area contributed by atoms with Gasteiger partial charge in [0.05, 0.1) is 5.02 Å². The summed E-state index contributed by atoms with van der Waals surface area (Å²) >= 11 is 6.16. The molecule has 0 spiro atoms. The zero-order valence-electron chi connectivity index (χ0n) is 16.3. The highest BCUT2D eigenvalue weighted by atomic mass is 35.5. The molecule has 1 saturated heterocycles. The molecule has 4 rings (SSSR count). The number of nitrogens with one attached hydrogen (secondary N) is 1. The predicted molar refractivity (Wildman–Crippen MR) is 114 cm³/mol. The Hall–Kier alpha value is -2.93. The highest BCUT2D eigenvalue weighted by Crippen LogP contribution is 2.25. The lowest BCUT2D eigenvalue weighted by Crippen LogP contribution is -2.32. The molecule has 1 amide bonds. The zero-order chi connectivity index (χ0) is 20.2. The zero-order valence-corrected chi connectivity index (χ0v) is 17.0. The molecular formula is C21H23ClN6O. The minimum atomic E-state index is -0.215. The van der Waals surface area contributed by atoms with E-state index >= 15 is 0 Å². The van der Waals surface area contributed by atoms with E-state index in [-0.39, 0.29) is 12.5 Å². The summed E-state index contributed by atoms with van der Waals surface area (Å²) in [5.74, 6) is 0.977. The van der Waals surface area contributed by atoms with Crippen molar-refractivity contribution in [3.63, 3.8) is 0 Å². The molecule has 1 aromatic heterocycles. The standard InChI is InChI=1S/C21H23ClN6O/c1-15-10-12-27(13-11-15)17-8-6-16(7-9-17)23-20(29)14-28-25-21(24-26-28)18-4-2-3-5-19(18)22/h2-9,15H,10-14H2,1H3,(H,23,29). The minimum Gasteiger partial charge on any atom is -0.372 e. The average Bonchev–Trinajstić information content (AvgIpc) is 3.17. The molecular weight excluding hydrogens is 388 g/mol. The van der Waals surface area contributed by atoms with Crippen molar-refractivity contribution in [1.29, 1.82) is 0 Å². The van der Waals surface area contributed by atoms with E-state index < -0.39 is 0 Å². The third-order valence-corrected chi connectivity index (χ3v) is 5.48. The van der Waals surface area contributed by atoms with Crippen LogP contribution in [0.5, 0.6) is 0 Å². The molecule has 150 valence electrons. The van der Waals surface area contributed by atoms with Crippen LogP contribution < -0.4 is 10.2 Å². The van der Waals surface area contributed by atoms with E-state index in [4.69, 9.17) is 11.6 Å². The van der Waals surface area contributed by atoms with Gasteiger partial charge in [-0.25, -0.2) is 0 Å². The van der Waals surface area contributed by atoms with Gasteiger partial charge < -0.3 is 10.2 Å². The van der Waals surface area contributed by atoms with Crippen LogP contribution in [0.3, 0.4) is 0 Å². The number of halogens is 1. The summed E-state index contributed by atoms with van der Waals surface area (Å²) in [5, 5.41) is 15.6. The number of rotatable bonds is 5. The summed E-state index contributed by atoms with van der Waals surface area (Å²) in [6, 6.07) is 15.2. The normalized spacial score (nSPS) is 14.8. The van der Waals surface area contributed by atoms with Crippen molar-refractivity contribution >= 4 is 28.9 Å². The molecule has 1 aliphatic rings. The van der Waals surface area contributed by atoms with Gasteiger partial charge in [0.15, 0.2) is 0 Å². The smallest absolute Gasteiger partial charge is 0.248 e. The van der Waals surface area contributed by atoms with E-state index in [1.165, 1.54) is 23.3 Å². The summed E-state index contributed by atoms with van der Waals surface area (Å²) in [4.78, 5) is 16.0. The molecule has 0 aliphatic carbocycles. The number of anilines is 2. The number of carbonyl (C=O) groups excluding carboxylic acids is 1. The molecule has 0 unspecified atom stereocenters. The quantitative estimate of drug-likeness (QED) is 0.691. The first-order valence-corrected chi connectivity index (χ1v) is 10.1. The Morgan fingerprint density at radius 3 is 2.59 bits per heavy atom. The van der Waals surface area contributed by atoms with Crippen LogP contribution in [0.25, 0.3) is 11.4 Å². The Bertz CT molecular complexity index is 979. The lowest BCUT2D eigenvalue weighted by Gasteiger charge is -2.32. The van der Waals surface area contributed by atoms with Crippen molar-refractivity contribution in [3.8, 4) is 11.4 Å². The summed E-state index contributed by atoms with van der Waals surface area (Å²) in [7, 11) is 0. The van der Waals surface area contributed by atoms with E-state index in [1.54, 1.807) is 6.07 Å². The topological polar surface area (TPSA) is 75.9 Å². The molecule has 1 fully saturated rings.